The molecule has 12 heteroatoms. The lowest BCUT2D eigenvalue weighted by Gasteiger charge is -2.29. The maximum Gasteiger partial charge on any atom is 0.347 e. The number of ether oxygens (including phenoxy) is 4. The molecule has 2 aromatic rings. The summed E-state index contributed by atoms with van der Waals surface area (Å²) < 4.78 is 23.1. The van der Waals surface area contributed by atoms with Crippen LogP contribution >= 0.6 is 11.6 Å². The predicted octanol–water partition coefficient (Wildman–Crippen LogP) is 4.03. The lowest BCUT2D eigenvalue weighted by Crippen LogP contribution is -2.53. The highest BCUT2D eigenvalue weighted by molar-refractivity contribution is 6.32. The van der Waals surface area contributed by atoms with E-state index in [1.165, 1.54) is 13.2 Å². The van der Waals surface area contributed by atoms with Crippen molar-refractivity contribution in [2.45, 2.75) is 76.5 Å². The Labute approximate surface area is 287 Å². The Kier molecular flexibility index (Phi) is 13.0. The van der Waals surface area contributed by atoms with Crippen LogP contribution in [-0.4, -0.2) is 86.8 Å². The highest BCUT2D eigenvalue weighted by Crippen LogP contribution is 2.45. The van der Waals surface area contributed by atoms with E-state index in [9.17, 15) is 19.2 Å². The molecule has 0 spiro atoms. The molecule has 2 aromatic carbocycles. The third-order valence-electron chi connectivity index (χ3n) is 8.52. The molecule has 0 aromatic heterocycles. The van der Waals surface area contributed by atoms with Crippen LogP contribution in [0.3, 0.4) is 0 Å². The predicted molar refractivity (Wildman–Crippen MR) is 180 cm³/mol. The maximum absolute atomic E-state index is 13.6. The summed E-state index contributed by atoms with van der Waals surface area (Å²) in [5.74, 6) is -2.13. The van der Waals surface area contributed by atoms with E-state index < -0.39 is 48.0 Å². The highest BCUT2D eigenvalue weighted by Gasteiger charge is 2.47. The standard InChI is InChI=1S/C36H46ClN3O8/c1-21(2)17-30-36(44)46-28(22(3)32-33(48-32)24-11-8-7-9-12-24)13-10-14-31(41)39-26(19-23-15-16-29(45-6)25(37)18-23)34(42)38-20-27(40(4)5)35(43)47-30/h7-12,14-16,18,21-22,26-28,30,32-33H,13,17,19-20H2,1-6H3,(H,38,42)(H,39,41)/b14-10+/t22-,26+,27+,28-,30-,32+,33+/m0/s1. The number of carbonyl (C=O) groups excluding carboxylic acids is 4. The third-order valence-corrected chi connectivity index (χ3v) is 8.82. The summed E-state index contributed by atoms with van der Waals surface area (Å²) in [5.41, 5.74) is 1.71. The van der Waals surface area contributed by atoms with Crippen LogP contribution in [0.5, 0.6) is 5.75 Å². The van der Waals surface area contributed by atoms with Gasteiger partial charge in [-0.05, 0) is 55.8 Å². The van der Waals surface area contributed by atoms with Gasteiger partial charge >= 0.3 is 11.9 Å². The van der Waals surface area contributed by atoms with Gasteiger partial charge in [0.1, 0.15) is 30.0 Å². The Hall–Kier alpha value is -3.93. The average Bonchev–Trinajstić information content (AvgIpc) is 3.84. The Morgan fingerprint density at radius 1 is 1.00 bits per heavy atom. The van der Waals surface area contributed by atoms with Gasteiger partial charge in [-0.25, -0.2) is 4.79 Å². The van der Waals surface area contributed by atoms with Gasteiger partial charge in [-0.3, -0.25) is 19.3 Å². The molecule has 0 saturated carbocycles. The highest BCUT2D eigenvalue weighted by atomic mass is 35.5. The number of benzene rings is 2. The molecular weight excluding hydrogens is 638 g/mol. The first kappa shape index (κ1) is 36.9. The van der Waals surface area contributed by atoms with Crippen LogP contribution in [0.2, 0.25) is 5.02 Å². The second-order valence-corrected chi connectivity index (χ2v) is 13.3. The van der Waals surface area contributed by atoms with Crippen molar-refractivity contribution in [3.8, 4) is 5.75 Å². The molecule has 0 aliphatic carbocycles. The van der Waals surface area contributed by atoms with Crippen molar-refractivity contribution in [3.05, 3.63) is 76.8 Å². The molecule has 48 heavy (non-hydrogen) atoms. The summed E-state index contributed by atoms with van der Waals surface area (Å²) in [4.78, 5) is 55.4. The van der Waals surface area contributed by atoms with Crippen molar-refractivity contribution >= 4 is 35.4 Å². The van der Waals surface area contributed by atoms with Crippen LogP contribution in [0.4, 0.5) is 0 Å². The minimum Gasteiger partial charge on any atom is -0.495 e. The molecule has 1 saturated heterocycles. The second kappa shape index (κ2) is 16.9. The number of hydrogen-bond donors (Lipinski definition) is 2. The smallest absolute Gasteiger partial charge is 0.347 e. The van der Waals surface area contributed by atoms with Crippen molar-refractivity contribution in [3.63, 3.8) is 0 Å². The largest absolute Gasteiger partial charge is 0.495 e. The summed E-state index contributed by atoms with van der Waals surface area (Å²) in [6.07, 6.45) is 1.28. The Morgan fingerprint density at radius 2 is 1.73 bits per heavy atom. The molecule has 2 aliphatic heterocycles. The molecule has 2 N–H and O–H groups in total. The molecule has 0 unspecified atom stereocenters. The molecule has 0 bridgehead atoms. The number of methoxy groups -OCH3 is 1. The molecule has 1 fully saturated rings. The first-order valence-corrected chi connectivity index (χ1v) is 16.6. The summed E-state index contributed by atoms with van der Waals surface area (Å²) in [7, 11) is 4.85. The van der Waals surface area contributed by atoms with Crippen molar-refractivity contribution in [1.29, 1.82) is 0 Å². The van der Waals surface area contributed by atoms with Gasteiger partial charge in [0.2, 0.25) is 11.8 Å². The van der Waals surface area contributed by atoms with Crippen LogP contribution in [0.25, 0.3) is 0 Å². The number of esters is 2. The van der Waals surface area contributed by atoms with E-state index in [1.54, 1.807) is 43.3 Å². The molecule has 4 rings (SSSR count). The molecular formula is C36H46ClN3O8. The summed E-state index contributed by atoms with van der Waals surface area (Å²) in [6, 6.07) is 13.0. The van der Waals surface area contributed by atoms with E-state index in [2.05, 4.69) is 10.6 Å². The number of epoxide rings is 1. The van der Waals surface area contributed by atoms with Crippen molar-refractivity contribution in [2.75, 3.05) is 27.7 Å². The van der Waals surface area contributed by atoms with Gasteiger partial charge in [0.25, 0.3) is 0 Å². The van der Waals surface area contributed by atoms with Crippen LogP contribution in [0.1, 0.15) is 50.8 Å². The number of likely N-dealkylation sites (N-methyl/N-ethyl adjacent to an activating group) is 1. The molecule has 260 valence electrons. The first-order valence-electron chi connectivity index (χ1n) is 16.2. The van der Waals surface area contributed by atoms with Crippen molar-refractivity contribution in [2.24, 2.45) is 11.8 Å². The number of amides is 2. The maximum atomic E-state index is 13.6. The zero-order valence-corrected chi connectivity index (χ0v) is 29.1. The topological polar surface area (TPSA) is 136 Å². The fourth-order valence-electron chi connectivity index (χ4n) is 5.69. The number of nitrogens with zero attached hydrogens (tertiary/aromatic N) is 1. The van der Waals surface area contributed by atoms with Gasteiger partial charge in [0.15, 0.2) is 6.10 Å². The zero-order valence-electron chi connectivity index (χ0n) is 28.3. The number of nitrogens with one attached hydrogen (secondary N) is 2. The number of hydrogen-bond acceptors (Lipinski definition) is 9. The quantitative estimate of drug-likeness (QED) is 0.297. The van der Waals surface area contributed by atoms with Gasteiger partial charge < -0.3 is 29.6 Å². The van der Waals surface area contributed by atoms with Gasteiger partial charge in [0, 0.05) is 25.3 Å². The van der Waals surface area contributed by atoms with Crippen LogP contribution in [0.15, 0.2) is 60.7 Å². The fraction of sp³-hybridized carbons (Fsp3) is 0.500. The monoisotopic (exact) mass is 683 g/mol. The summed E-state index contributed by atoms with van der Waals surface area (Å²) >= 11 is 6.33. The summed E-state index contributed by atoms with van der Waals surface area (Å²) in [5, 5.41) is 5.91. The first-order chi connectivity index (χ1) is 22.9. The number of carbonyl (C=O) groups is 4. The van der Waals surface area contributed by atoms with E-state index in [-0.39, 0.29) is 49.9 Å². The number of halogens is 1. The molecule has 2 amide bonds. The van der Waals surface area contributed by atoms with Gasteiger partial charge in [-0.15, -0.1) is 0 Å². The van der Waals surface area contributed by atoms with Crippen LogP contribution < -0.4 is 15.4 Å². The minimum atomic E-state index is -1.16. The molecule has 7 atom stereocenters. The van der Waals surface area contributed by atoms with E-state index in [0.717, 1.165) is 5.56 Å². The van der Waals surface area contributed by atoms with E-state index in [4.69, 9.17) is 30.5 Å². The zero-order chi connectivity index (χ0) is 35.0. The van der Waals surface area contributed by atoms with Crippen LogP contribution in [0, 0.1) is 11.8 Å². The fourth-order valence-corrected chi connectivity index (χ4v) is 5.97. The lowest BCUT2D eigenvalue weighted by molar-refractivity contribution is -0.176. The lowest BCUT2D eigenvalue weighted by atomic mass is 9.93. The molecule has 2 aliphatic rings. The molecule has 2 heterocycles. The van der Waals surface area contributed by atoms with E-state index in [0.29, 0.717) is 16.3 Å². The molecule has 0 radical (unpaired) electrons. The minimum absolute atomic E-state index is 0.0133. The number of cyclic esters (lactones) is 2. The van der Waals surface area contributed by atoms with Gasteiger partial charge in [0.05, 0.1) is 18.2 Å². The SMILES string of the molecule is COc1ccc(C[C@H]2NC(=O)/C=C/C[C@@H]([C@H](C)[C@H]3O[C@@H]3c3ccccc3)OC(=O)[C@H](CC(C)C)OC(=O)[C@H](N(C)C)CNC2=O)cc1Cl. The van der Waals surface area contributed by atoms with E-state index >= 15 is 0 Å². The Morgan fingerprint density at radius 3 is 2.38 bits per heavy atom. The Balaban J connectivity index is 1.62. The average molecular weight is 684 g/mol. The Bertz CT molecular complexity index is 1470. The summed E-state index contributed by atoms with van der Waals surface area (Å²) in [6.45, 7) is 5.65. The number of rotatable bonds is 9. The third kappa shape index (κ3) is 10.0. The van der Waals surface area contributed by atoms with Crippen LogP contribution in [-0.2, 0) is 39.8 Å². The second-order valence-electron chi connectivity index (χ2n) is 12.9. The molecule has 11 nitrogen and oxygen atoms in total. The van der Waals surface area contributed by atoms with E-state index in [1.807, 2.05) is 51.1 Å². The van der Waals surface area contributed by atoms with Gasteiger partial charge in [-0.2, -0.15) is 0 Å². The normalized spacial score (nSPS) is 27.0. The van der Waals surface area contributed by atoms with Crippen molar-refractivity contribution in [1.82, 2.24) is 15.5 Å². The van der Waals surface area contributed by atoms with Crippen molar-refractivity contribution < 1.29 is 38.1 Å². The van der Waals surface area contributed by atoms with Gasteiger partial charge in [-0.1, -0.05) is 74.8 Å².